The normalized spacial score (nSPS) is 23.5. The average Bonchev–Trinajstić information content (AvgIpc) is 3.05. The fourth-order valence-corrected chi connectivity index (χ4v) is 5.42. The first kappa shape index (κ1) is 42.4. The number of carbonyl (C=O) groups is 1. The minimum Gasteiger partial charge on any atom is -0.394 e. The fraction of sp³-hybridized carbons (Fsp3) is 0.811. The molecule has 1 amide bonds. The number of ether oxygens (including phenoxy) is 2. The maximum absolute atomic E-state index is 12.7. The summed E-state index contributed by atoms with van der Waals surface area (Å²) in [5, 5.41) is 53.6. The van der Waals surface area contributed by atoms with Crippen molar-refractivity contribution in [3.63, 3.8) is 0 Å². The van der Waals surface area contributed by atoms with E-state index < -0.39 is 49.5 Å². The second kappa shape index (κ2) is 28.4. The van der Waals surface area contributed by atoms with Crippen LogP contribution in [0.25, 0.3) is 0 Å². The van der Waals surface area contributed by atoms with Crippen LogP contribution < -0.4 is 5.32 Å². The average molecular weight is 654 g/mol. The summed E-state index contributed by atoms with van der Waals surface area (Å²) in [5.74, 6) is -0.204. The molecule has 46 heavy (non-hydrogen) atoms. The van der Waals surface area contributed by atoms with Gasteiger partial charge in [-0.25, -0.2) is 0 Å². The van der Waals surface area contributed by atoms with Crippen LogP contribution in [0.5, 0.6) is 0 Å². The molecule has 9 heteroatoms. The van der Waals surface area contributed by atoms with Gasteiger partial charge in [0.15, 0.2) is 6.29 Å². The number of rotatable bonds is 28. The van der Waals surface area contributed by atoms with Crippen molar-refractivity contribution in [2.75, 3.05) is 13.2 Å². The Labute approximate surface area is 279 Å². The van der Waals surface area contributed by atoms with Crippen LogP contribution in [0.3, 0.4) is 0 Å². The molecule has 7 unspecified atom stereocenters. The largest absolute Gasteiger partial charge is 0.394 e. The second-order valence-corrected chi connectivity index (χ2v) is 12.6. The SMILES string of the molecule is CCCCCCCCC/C=C/CC/C=C/CC/C=C/C(O)C(COC1OC(CO)C(O)C(O)C1O)NC(=O)CCCCCCCC. The lowest BCUT2D eigenvalue weighted by Gasteiger charge is -2.40. The Morgan fingerprint density at radius 1 is 0.717 bits per heavy atom. The molecule has 1 aliphatic rings. The highest BCUT2D eigenvalue weighted by Crippen LogP contribution is 2.22. The molecule has 1 aliphatic heterocycles. The monoisotopic (exact) mass is 653 g/mol. The van der Waals surface area contributed by atoms with E-state index in [4.69, 9.17) is 9.47 Å². The van der Waals surface area contributed by atoms with Gasteiger partial charge in [-0.05, 0) is 44.9 Å². The number of carbonyl (C=O) groups excluding carboxylic acids is 1. The fourth-order valence-electron chi connectivity index (χ4n) is 5.42. The van der Waals surface area contributed by atoms with Crippen LogP contribution in [0, 0.1) is 0 Å². The van der Waals surface area contributed by atoms with Gasteiger partial charge in [-0.1, -0.05) is 121 Å². The van der Waals surface area contributed by atoms with Gasteiger partial charge in [0.1, 0.15) is 24.4 Å². The lowest BCUT2D eigenvalue weighted by atomic mass is 9.99. The van der Waals surface area contributed by atoms with Gasteiger partial charge in [0, 0.05) is 6.42 Å². The Morgan fingerprint density at radius 2 is 1.24 bits per heavy atom. The first-order valence-corrected chi connectivity index (χ1v) is 18.2. The van der Waals surface area contributed by atoms with Gasteiger partial charge in [-0.15, -0.1) is 0 Å². The Bertz CT molecular complexity index is 817. The summed E-state index contributed by atoms with van der Waals surface area (Å²) in [6.45, 7) is 3.64. The third-order valence-electron chi connectivity index (χ3n) is 8.45. The Morgan fingerprint density at radius 3 is 1.83 bits per heavy atom. The van der Waals surface area contributed by atoms with E-state index in [1.54, 1.807) is 6.08 Å². The Balaban J connectivity index is 2.47. The van der Waals surface area contributed by atoms with E-state index in [-0.39, 0.29) is 12.5 Å². The highest BCUT2D eigenvalue weighted by atomic mass is 16.7. The molecular formula is C37H67NO8. The van der Waals surface area contributed by atoms with Crippen molar-refractivity contribution < 1.29 is 39.8 Å². The molecule has 0 saturated carbocycles. The lowest BCUT2D eigenvalue weighted by Crippen LogP contribution is -2.60. The van der Waals surface area contributed by atoms with Crippen molar-refractivity contribution in [1.29, 1.82) is 0 Å². The number of hydrogen-bond acceptors (Lipinski definition) is 8. The van der Waals surface area contributed by atoms with Crippen molar-refractivity contribution in [1.82, 2.24) is 5.32 Å². The number of aliphatic hydroxyl groups excluding tert-OH is 5. The summed E-state index contributed by atoms with van der Waals surface area (Å²) < 4.78 is 11.1. The predicted molar refractivity (Wildman–Crippen MR) is 184 cm³/mol. The van der Waals surface area contributed by atoms with Crippen molar-refractivity contribution >= 4 is 5.91 Å². The third-order valence-corrected chi connectivity index (χ3v) is 8.45. The van der Waals surface area contributed by atoms with Gasteiger partial charge < -0.3 is 40.3 Å². The number of hydrogen-bond donors (Lipinski definition) is 6. The zero-order valence-electron chi connectivity index (χ0n) is 28.8. The molecule has 9 nitrogen and oxygen atoms in total. The van der Waals surface area contributed by atoms with E-state index >= 15 is 0 Å². The molecule has 7 atom stereocenters. The van der Waals surface area contributed by atoms with E-state index in [1.807, 2.05) is 6.08 Å². The molecule has 1 heterocycles. The van der Waals surface area contributed by atoms with Crippen molar-refractivity contribution in [2.45, 2.75) is 179 Å². The van der Waals surface area contributed by atoms with Gasteiger partial charge in [0.05, 0.1) is 25.4 Å². The van der Waals surface area contributed by atoms with Crippen LogP contribution in [0.15, 0.2) is 36.5 Å². The summed E-state index contributed by atoms with van der Waals surface area (Å²) in [6, 6.07) is -0.820. The van der Waals surface area contributed by atoms with Crippen molar-refractivity contribution in [3.05, 3.63) is 36.5 Å². The van der Waals surface area contributed by atoms with Gasteiger partial charge in [-0.3, -0.25) is 4.79 Å². The molecular weight excluding hydrogens is 586 g/mol. The molecule has 0 bridgehead atoms. The highest BCUT2D eigenvalue weighted by molar-refractivity contribution is 5.76. The zero-order chi connectivity index (χ0) is 33.8. The summed E-state index contributed by atoms with van der Waals surface area (Å²) in [7, 11) is 0. The number of nitrogens with one attached hydrogen (secondary N) is 1. The molecule has 0 spiro atoms. The number of aliphatic hydroxyl groups is 5. The second-order valence-electron chi connectivity index (χ2n) is 12.6. The van der Waals surface area contributed by atoms with Gasteiger partial charge in [-0.2, -0.15) is 0 Å². The maximum atomic E-state index is 12.7. The molecule has 0 aromatic rings. The molecule has 0 aromatic heterocycles. The lowest BCUT2D eigenvalue weighted by molar-refractivity contribution is -0.302. The smallest absolute Gasteiger partial charge is 0.220 e. The van der Waals surface area contributed by atoms with E-state index in [9.17, 15) is 30.3 Å². The number of unbranched alkanes of at least 4 members (excludes halogenated alkanes) is 14. The van der Waals surface area contributed by atoms with Gasteiger partial charge in [0.25, 0.3) is 0 Å². The molecule has 0 aromatic carbocycles. The maximum Gasteiger partial charge on any atom is 0.220 e. The van der Waals surface area contributed by atoms with Gasteiger partial charge in [0.2, 0.25) is 5.91 Å². The van der Waals surface area contributed by atoms with Crippen LogP contribution in [0.1, 0.15) is 136 Å². The quantitative estimate of drug-likeness (QED) is 0.0461. The first-order valence-electron chi connectivity index (χ1n) is 18.2. The zero-order valence-corrected chi connectivity index (χ0v) is 28.8. The van der Waals surface area contributed by atoms with E-state index in [0.29, 0.717) is 6.42 Å². The topological polar surface area (TPSA) is 149 Å². The third kappa shape index (κ3) is 19.9. The van der Waals surface area contributed by atoms with E-state index in [2.05, 4.69) is 43.5 Å². The minimum atomic E-state index is -1.57. The standard InChI is InChI=1S/C37H67NO8/c1-3-5-7-9-11-12-13-14-15-16-17-18-19-20-21-22-24-26-31(40)30(38-33(41)27-25-23-10-8-6-4-2)29-45-37-36(44)35(43)34(42)32(28-39)46-37/h15-16,19-20,24,26,30-32,34-37,39-40,42-44H,3-14,17-18,21-23,25,27-29H2,1-2H3,(H,38,41)/b16-15+,20-19+,26-24+. The van der Waals surface area contributed by atoms with Crippen LogP contribution in [0.2, 0.25) is 0 Å². The molecule has 0 radical (unpaired) electrons. The Kier molecular flexibility index (Phi) is 26.2. The first-order chi connectivity index (χ1) is 22.3. The highest BCUT2D eigenvalue weighted by Gasteiger charge is 2.44. The van der Waals surface area contributed by atoms with Crippen LogP contribution in [-0.2, 0) is 14.3 Å². The molecule has 0 aliphatic carbocycles. The van der Waals surface area contributed by atoms with Crippen molar-refractivity contribution in [2.24, 2.45) is 0 Å². The van der Waals surface area contributed by atoms with E-state index in [0.717, 1.165) is 57.8 Å². The Hall–Kier alpha value is -1.59. The van der Waals surface area contributed by atoms with Crippen LogP contribution in [-0.4, -0.2) is 87.5 Å². The van der Waals surface area contributed by atoms with Crippen LogP contribution >= 0.6 is 0 Å². The molecule has 268 valence electrons. The van der Waals surface area contributed by atoms with Crippen molar-refractivity contribution in [3.8, 4) is 0 Å². The molecule has 6 N–H and O–H groups in total. The summed E-state index contributed by atoms with van der Waals surface area (Å²) in [5.41, 5.74) is 0. The summed E-state index contributed by atoms with van der Waals surface area (Å²) in [6.07, 6.45) is 25.0. The van der Waals surface area contributed by atoms with E-state index in [1.165, 1.54) is 57.8 Å². The predicted octanol–water partition coefficient (Wildman–Crippen LogP) is 5.77. The molecule has 1 rings (SSSR count). The van der Waals surface area contributed by atoms with Crippen LogP contribution in [0.4, 0.5) is 0 Å². The summed E-state index contributed by atoms with van der Waals surface area (Å²) >= 11 is 0. The summed E-state index contributed by atoms with van der Waals surface area (Å²) in [4.78, 5) is 12.7. The minimum absolute atomic E-state index is 0.204. The number of allylic oxidation sites excluding steroid dienone is 5. The molecule has 1 fully saturated rings. The number of amides is 1. The molecule has 1 saturated heterocycles. The van der Waals surface area contributed by atoms with Gasteiger partial charge >= 0.3 is 0 Å².